The highest BCUT2D eigenvalue weighted by Gasteiger charge is 2.15. The van der Waals surface area contributed by atoms with Crippen LogP contribution in [0.2, 0.25) is 5.02 Å². The monoisotopic (exact) mass is 327 g/mol. The minimum absolute atomic E-state index is 0.334. The molecule has 0 aromatic heterocycles. The van der Waals surface area contributed by atoms with Crippen LogP contribution in [0.25, 0.3) is 0 Å². The van der Waals surface area contributed by atoms with Gasteiger partial charge in [0.2, 0.25) is 0 Å². The van der Waals surface area contributed by atoms with Crippen LogP contribution in [0.15, 0.2) is 40.9 Å². The maximum absolute atomic E-state index is 13.3. The summed E-state index contributed by atoms with van der Waals surface area (Å²) >= 11 is 9.47. The summed E-state index contributed by atoms with van der Waals surface area (Å²) in [7, 11) is 0. The number of halogens is 3. The molecule has 1 atom stereocenters. The van der Waals surface area contributed by atoms with Crippen LogP contribution in [0.5, 0.6) is 0 Å². The van der Waals surface area contributed by atoms with Crippen molar-refractivity contribution in [2.45, 2.75) is 13.0 Å². The van der Waals surface area contributed by atoms with Crippen molar-refractivity contribution in [2.75, 3.05) is 0 Å². The predicted octanol–water partition coefficient (Wildman–Crippen LogP) is 4.60. The summed E-state index contributed by atoms with van der Waals surface area (Å²) in [4.78, 5) is 0. The Balaban J connectivity index is 2.47. The van der Waals surface area contributed by atoms with Crippen LogP contribution < -0.4 is 5.73 Å². The standard InChI is InChI=1S/C14H12BrClFN/c1-8-6-9(15)2-4-11(8)14(18)12-7-10(17)3-5-13(12)16/h2-7,14H,18H2,1H3. The van der Waals surface area contributed by atoms with E-state index in [9.17, 15) is 4.39 Å². The van der Waals surface area contributed by atoms with Gasteiger partial charge in [-0.1, -0.05) is 33.6 Å². The second kappa shape index (κ2) is 5.39. The van der Waals surface area contributed by atoms with Crippen LogP contribution in [0.4, 0.5) is 4.39 Å². The second-order valence-electron chi connectivity index (χ2n) is 4.14. The van der Waals surface area contributed by atoms with Crippen LogP contribution in [-0.2, 0) is 0 Å². The van der Waals surface area contributed by atoms with Gasteiger partial charge in [0.05, 0.1) is 6.04 Å². The van der Waals surface area contributed by atoms with E-state index in [2.05, 4.69) is 15.9 Å². The molecule has 1 nitrogen and oxygen atoms in total. The number of hydrogen-bond donors (Lipinski definition) is 1. The highest BCUT2D eigenvalue weighted by molar-refractivity contribution is 9.10. The number of hydrogen-bond acceptors (Lipinski definition) is 1. The van der Waals surface area contributed by atoms with E-state index in [0.717, 1.165) is 15.6 Å². The molecule has 0 heterocycles. The van der Waals surface area contributed by atoms with Crippen molar-refractivity contribution in [2.24, 2.45) is 5.73 Å². The van der Waals surface area contributed by atoms with E-state index >= 15 is 0 Å². The largest absolute Gasteiger partial charge is 0.320 e. The van der Waals surface area contributed by atoms with Crippen molar-refractivity contribution in [3.63, 3.8) is 0 Å². The van der Waals surface area contributed by atoms with Crippen molar-refractivity contribution < 1.29 is 4.39 Å². The molecule has 2 rings (SSSR count). The Bertz CT molecular complexity index is 586. The molecule has 0 spiro atoms. The highest BCUT2D eigenvalue weighted by atomic mass is 79.9. The molecule has 2 N–H and O–H groups in total. The van der Waals surface area contributed by atoms with Gasteiger partial charge in [-0.2, -0.15) is 0 Å². The summed E-state index contributed by atoms with van der Waals surface area (Å²) in [5.74, 6) is -0.334. The van der Waals surface area contributed by atoms with Gasteiger partial charge in [-0.3, -0.25) is 0 Å². The number of aryl methyl sites for hydroxylation is 1. The Morgan fingerprint density at radius 1 is 1.17 bits per heavy atom. The quantitative estimate of drug-likeness (QED) is 0.856. The average Bonchev–Trinajstić information content (AvgIpc) is 2.31. The van der Waals surface area contributed by atoms with Crippen LogP contribution in [0, 0.1) is 12.7 Å². The van der Waals surface area contributed by atoms with Crippen molar-refractivity contribution in [3.05, 3.63) is 68.4 Å². The van der Waals surface area contributed by atoms with Crippen molar-refractivity contribution >= 4 is 27.5 Å². The van der Waals surface area contributed by atoms with Gasteiger partial charge in [-0.25, -0.2) is 4.39 Å². The van der Waals surface area contributed by atoms with E-state index in [1.807, 2.05) is 25.1 Å². The first-order valence-corrected chi connectivity index (χ1v) is 6.62. The molecule has 0 radical (unpaired) electrons. The first kappa shape index (κ1) is 13.5. The van der Waals surface area contributed by atoms with Crippen molar-refractivity contribution in [3.8, 4) is 0 Å². The molecule has 18 heavy (non-hydrogen) atoms. The summed E-state index contributed by atoms with van der Waals surface area (Å²) < 4.78 is 14.3. The van der Waals surface area contributed by atoms with Gasteiger partial charge in [-0.05, 0) is 53.9 Å². The van der Waals surface area contributed by atoms with Gasteiger partial charge < -0.3 is 5.73 Å². The van der Waals surface area contributed by atoms with Gasteiger partial charge in [-0.15, -0.1) is 0 Å². The molecule has 4 heteroatoms. The van der Waals surface area contributed by atoms with Gasteiger partial charge in [0.1, 0.15) is 5.82 Å². The Kier molecular flexibility index (Phi) is 4.05. The third kappa shape index (κ3) is 2.74. The first-order chi connectivity index (χ1) is 8.49. The minimum Gasteiger partial charge on any atom is -0.320 e. The molecule has 0 saturated carbocycles. The van der Waals surface area contributed by atoms with Crippen LogP contribution in [0.1, 0.15) is 22.7 Å². The third-order valence-corrected chi connectivity index (χ3v) is 3.70. The number of rotatable bonds is 2. The first-order valence-electron chi connectivity index (χ1n) is 5.45. The van der Waals surface area contributed by atoms with Crippen LogP contribution in [0.3, 0.4) is 0 Å². The zero-order chi connectivity index (χ0) is 13.3. The third-order valence-electron chi connectivity index (χ3n) is 2.86. The molecule has 0 aliphatic heterocycles. The Morgan fingerprint density at radius 2 is 1.89 bits per heavy atom. The maximum atomic E-state index is 13.3. The number of nitrogens with two attached hydrogens (primary N) is 1. The number of benzene rings is 2. The maximum Gasteiger partial charge on any atom is 0.123 e. The van der Waals surface area contributed by atoms with Crippen LogP contribution in [-0.4, -0.2) is 0 Å². The minimum atomic E-state index is -0.429. The fourth-order valence-electron chi connectivity index (χ4n) is 1.91. The van der Waals surface area contributed by atoms with Crippen molar-refractivity contribution in [1.82, 2.24) is 0 Å². The van der Waals surface area contributed by atoms with Gasteiger partial charge in [0.15, 0.2) is 0 Å². The molecule has 2 aromatic carbocycles. The lowest BCUT2D eigenvalue weighted by Gasteiger charge is -2.17. The summed E-state index contributed by atoms with van der Waals surface area (Å²) in [6, 6.07) is 9.62. The summed E-state index contributed by atoms with van der Waals surface area (Å²) in [6.07, 6.45) is 0. The molecule has 0 aliphatic carbocycles. The molecular weight excluding hydrogens is 317 g/mol. The lowest BCUT2D eigenvalue weighted by Crippen LogP contribution is -2.14. The normalized spacial score (nSPS) is 12.5. The van der Waals surface area contributed by atoms with E-state index in [1.165, 1.54) is 18.2 Å². The zero-order valence-electron chi connectivity index (χ0n) is 9.75. The molecular formula is C14H12BrClFN. The SMILES string of the molecule is Cc1cc(Br)ccc1C(N)c1cc(F)ccc1Cl. The van der Waals surface area contributed by atoms with E-state index in [0.29, 0.717) is 10.6 Å². The van der Waals surface area contributed by atoms with Gasteiger partial charge in [0.25, 0.3) is 0 Å². The molecule has 0 aliphatic rings. The molecule has 0 saturated heterocycles. The Morgan fingerprint density at radius 3 is 2.56 bits per heavy atom. The topological polar surface area (TPSA) is 26.0 Å². The molecule has 2 aromatic rings. The predicted molar refractivity (Wildman–Crippen MR) is 76.3 cm³/mol. The summed E-state index contributed by atoms with van der Waals surface area (Å²) in [5.41, 5.74) is 8.74. The van der Waals surface area contributed by atoms with Gasteiger partial charge >= 0.3 is 0 Å². The van der Waals surface area contributed by atoms with Crippen molar-refractivity contribution in [1.29, 1.82) is 0 Å². The van der Waals surface area contributed by atoms with E-state index < -0.39 is 6.04 Å². The molecule has 0 fully saturated rings. The summed E-state index contributed by atoms with van der Waals surface area (Å²) in [5, 5.41) is 0.478. The molecule has 1 unspecified atom stereocenters. The van der Waals surface area contributed by atoms with E-state index in [4.69, 9.17) is 17.3 Å². The average molecular weight is 329 g/mol. The second-order valence-corrected chi connectivity index (χ2v) is 5.47. The Hall–Kier alpha value is -0.900. The van der Waals surface area contributed by atoms with Crippen LogP contribution >= 0.6 is 27.5 Å². The van der Waals surface area contributed by atoms with E-state index in [1.54, 1.807) is 0 Å². The lowest BCUT2D eigenvalue weighted by atomic mass is 9.96. The molecule has 0 bridgehead atoms. The van der Waals surface area contributed by atoms with Gasteiger partial charge in [0, 0.05) is 9.50 Å². The van der Waals surface area contributed by atoms with E-state index in [-0.39, 0.29) is 5.82 Å². The fourth-order valence-corrected chi connectivity index (χ4v) is 2.62. The highest BCUT2D eigenvalue weighted by Crippen LogP contribution is 2.30. The fraction of sp³-hybridized carbons (Fsp3) is 0.143. The summed E-state index contributed by atoms with van der Waals surface area (Å²) in [6.45, 7) is 1.97. The molecule has 94 valence electrons. The lowest BCUT2D eigenvalue weighted by molar-refractivity contribution is 0.623. The smallest absolute Gasteiger partial charge is 0.123 e. The molecule has 0 amide bonds. The zero-order valence-corrected chi connectivity index (χ0v) is 12.1. The Labute approximate surface area is 119 Å².